The van der Waals surface area contributed by atoms with Gasteiger partial charge in [-0.15, -0.1) is 0 Å². The molecule has 0 saturated heterocycles. The fourth-order valence-corrected chi connectivity index (χ4v) is 1.46. The lowest BCUT2D eigenvalue weighted by atomic mass is 10.3. The molecule has 2 rings (SSSR count). The first-order valence-electron chi connectivity index (χ1n) is 4.81. The first-order chi connectivity index (χ1) is 8.56. The number of pyridine rings is 1. The van der Waals surface area contributed by atoms with Crippen molar-refractivity contribution < 1.29 is 4.79 Å². The van der Waals surface area contributed by atoms with E-state index < -0.39 is 17.2 Å². The van der Waals surface area contributed by atoms with Gasteiger partial charge < -0.3 is 10.3 Å². The Morgan fingerprint density at radius 2 is 2.11 bits per heavy atom. The van der Waals surface area contributed by atoms with Gasteiger partial charge in [0.2, 0.25) is 0 Å². The van der Waals surface area contributed by atoms with Crippen LogP contribution in [-0.4, -0.2) is 20.9 Å². The maximum Gasteiger partial charge on any atom is 0.325 e. The molecule has 2 heterocycles. The van der Waals surface area contributed by atoms with Gasteiger partial charge in [-0.3, -0.25) is 14.6 Å². The summed E-state index contributed by atoms with van der Waals surface area (Å²) in [6.07, 6.45) is 2.49. The van der Waals surface area contributed by atoms with E-state index >= 15 is 0 Å². The monoisotopic (exact) mass is 310 g/mol. The molecule has 3 N–H and O–H groups in total. The van der Waals surface area contributed by atoms with Crippen LogP contribution in [0.3, 0.4) is 0 Å². The molecule has 2 aromatic rings. The second-order valence-corrected chi connectivity index (χ2v) is 4.12. The molecule has 0 fully saturated rings. The number of amides is 1. The summed E-state index contributed by atoms with van der Waals surface area (Å²) in [7, 11) is 0. The number of halogens is 1. The summed E-state index contributed by atoms with van der Waals surface area (Å²) in [6.45, 7) is 0. The minimum atomic E-state index is -0.749. The van der Waals surface area contributed by atoms with E-state index in [1.165, 1.54) is 6.20 Å². The van der Waals surface area contributed by atoms with Crippen molar-refractivity contribution in [3.05, 3.63) is 55.5 Å². The minimum absolute atomic E-state index is 0.183. The highest BCUT2D eigenvalue weighted by atomic mass is 79.9. The molecule has 0 aliphatic carbocycles. The van der Waals surface area contributed by atoms with Crippen molar-refractivity contribution >= 4 is 27.5 Å². The van der Waals surface area contributed by atoms with Crippen LogP contribution in [0.1, 0.15) is 10.4 Å². The number of carbonyl (C=O) groups is 1. The van der Waals surface area contributed by atoms with Crippen LogP contribution in [0.15, 0.2) is 38.7 Å². The van der Waals surface area contributed by atoms with Crippen LogP contribution >= 0.6 is 15.9 Å². The average molecular weight is 311 g/mol. The summed E-state index contributed by atoms with van der Waals surface area (Å²) in [5, 5.41) is 2.48. The Hall–Kier alpha value is -2.22. The van der Waals surface area contributed by atoms with Gasteiger partial charge in [-0.2, -0.15) is 0 Å². The van der Waals surface area contributed by atoms with E-state index in [1.54, 1.807) is 12.1 Å². The first kappa shape index (κ1) is 12.2. The molecular weight excluding hydrogens is 304 g/mol. The Kier molecular flexibility index (Phi) is 3.38. The number of carbonyl (C=O) groups excluding carboxylic acids is 1. The Morgan fingerprint density at radius 3 is 2.72 bits per heavy atom. The molecule has 0 spiro atoms. The zero-order valence-electron chi connectivity index (χ0n) is 8.86. The molecule has 0 radical (unpaired) electrons. The molecule has 7 nitrogen and oxygen atoms in total. The molecule has 0 bridgehead atoms. The van der Waals surface area contributed by atoms with E-state index in [1.807, 2.05) is 4.98 Å². The van der Waals surface area contributed by atoms with Crippen LogP contribution in [0.25, 0.3) is 0 Å². The molecule has 1 amide bonds. The predicted octanol–water partition coefficient (Wildman–Crippen LogP) is 0.473. The Bertz CT molecular complexity index is 689. The molecule has 2 aromatic heterocycles. The van der Waals surface area contributed by atoms with Gasteiger partial charge in [-0.05, 0) is 28.1 Å². The first-order valence-corrected chi connectivity index (χ1v) is 5.60. The molecular formula is C10H7BrN4O3. The fourth-order valence-electron chi connectivity index (χ4n) is 1.23. The third kappa shape index (κ3) is 2.72. The maximum atomic E-state index is 11.7. The number of rotatable bonds is 2. The lowest BCUT2D eigenvalue weighted by Crippen LogP contribution is -2.29. The van der Waals surface area contributed by atoms with E-state index in [4.69, 9.17) is 0 Å². The van der Waals surface area contributed by atoms with E-state index in [0.29, 0.717) is 10.3 Å². The van der Waals surface area contributed by atoms with Gasteiger partial charge in [-0.25, -0.2) is 9.78 Å². The predicted molar refractivity (Wildman–Crippen MR) is 67.6 cm³/mol. The van der Waals surface area contributed by atoms with Gasteiger partial charge in [0.25, 0.3) is 11.5 Å². The zero-order valence-corrected chi connectivity index (χ0v) is 10.4. The van der Waals surface area contributed by atoms with Gasteiger partial charge in [-0.1, -0.05) is 0 Å². The SMILES string of the molecule is O=C(Nc1ccc(Br)nc1)c1c[nH]c(=O)[nH]c1=O. The normalized spacial score (nSPS) is 10.1. The summed E-state index contributed by atoms with van der Waals surface area (Å²) >= 11 is 3.16. The summed E-state index contributed by atoms with van der Waals surface area (Å²) in [6, 6.07) is 3.27. The summed E-state index contributed by atoms with van der Waals surface area (Å²) in [4.78, 5) is 42.0. The van der Waals surface area contributed by atoms with Crippen molar-refractivity contribution in [2.75, 3.05) is 5.32 Å². The second-order valence-electron chi connectivity index (χ2n) is 3.31. The second kappa shape index (κ2) is 4.96. The number of aromatic amines is 2. The van der Waals surface area contributed by atoms with Crippen LogP contribution in [0, 0.1) is 0 Å². The summed E-state index contributed by atoms with van der Waals surface area (Å²) in [5.74, 6) is -0.628. The Morgan fingerprint density at radius 1 is 1.33 bits per heavy atom. The number of hydrogen-bond acceptors (Lipinski definition) is 4. The molecule has 0 saturated carbocycles. The van der Waals surface area contributed by atoms with Crippen LogP contribution in [0.4, 0.5) is 5.69 Å². The maximum absolute atomic E-state index is 11.7. The fraction of sp³-hybridized carbons (Fsp3) is 0. The van der Waals surface area contributed by atoms with Crippen molar-refractivity contribution in [3.8, 4) is 0 Å². The van der Waals surface area contributed by atoms with E-state index in [9.17, 15) is 14.4 Å². The van der Waals surface area contributed by atoms with Crippen LogP contribution in [0.5, 0.6) is 0 Å². The lowest BCUT2D eigenvalue weighted by molar-refractivity contribution is 0.102. The number of hydrogen-bond donors (Lipinski definition) is 3. The van der Waals surface area contributed by atoms with Gasteiger partial charge in [0.05, 0.1) is 11.9 Å². The number of aromatic nitrogens is 3. The van der Waals surface area contributed by atoms with Crippen molar-refractivity contribution in [1.29, 1.82) is 0 Å². The number of anilines is 1. The topological polar surface area (TPSA) is 108 Å². The standard InChI is InChI=1S/C10H7BrN4O3/c11-7-2-1-5(3-12-7)14-8(16)6-4-13-10(18)15-9(6)17/h1-4H,(H,14,16)(H2,13,15,17,18). The van der Waals surface area contributed by atoms with Crippen molar-refractivity contribution in [2.24, 2.45) is 0 Å². The molecule has 0 atom stereocenters. The highest BCUT2D eigenvalue weighted by molar-refractivity contribution is 9.10. The molecule has 8 heteroatoms. The minimum Gasteiger partial charge on any atom is -0.320 e. The molecule has 0 aromatic carbocycles. The van der Waals surface area contributed by atoms with Gasteiger partial charge in [0.15, 0.2) is 0 Å². The zero-order chi connectivity index (χ0) is 13.1. The largest absolute Gasteiger partial charge is 0.325 e. The highest BCUT2D eigenvalue weighted by Gasteiger charge is 2.11. The quantitative estimate of drug-likeness (QED) is 0.701. The molecule has 0 aliphatic rings. The molecule has 18 heavy (non-hydrogen) atoms. The summed E-state index contributed by atoms with van der Waals surface area (Å²) in [5.41, 5.74) is -1.16. The summed E-state index contributed by atoms with van der Waals surface area (Å²) < 4.78 is 0.627. The molecule has 0 aliphatic heterocycles. The average Bonchev–Trinajstić information content (AvgIpc) is 2.32. The van der Waals surface area contributed by atoms with Crippen molar-refractivity contribution in [3.63, 3.8) is 0 Å². The lowest BCUT2D eigenvalue weighted by Gasteiger charge is -2.03. The van der Waals surface area contributed by atoms with E-state index in [-0.39, 0.29) is 5.56 Å². The Balaban J connectivity index is 2.24. The van der Waals surface area contributed by atoms with Crippen LogP contribution in [0.2, 0.25) is 0 Å². The third-order valence-electron chi connectivity index (χ3n) is 2.05. The Labute approximate surface area is 108 Å². The van der Waals surface area contributed by atoms with Crippen molar-refractivity contribution in [2.45, 2.75) is 0 Å². The number of H-pyrrole nitrogens is 2. The number of nitrogens with zero attached hydrogens (tertiary/aromatic N) is 1. The molecule has 0 unspecified atom stereocenters. The van der Waals surface area contributed by atoms with Crippen LogP contribution < -0.4 is 16.6 Å². The van der Waals surface area contributed by atoms with Gasteiger partial charge >= 0.3 is 5.69 Å². The molecule has 92 valence electrons. The van der Waals surface area contributed by atoms with E-state index in [0.717, 1.165) is 6.20 Å². The van der Waals surface area contributed by atoms with Crippen molar-refractivity contribution in [1.82, 2.24) is 15.0 Å². The highest BCUT2D eigenvalue weighted by Crippen LogP contribution is 2.10. The van der Waals surface area contributed by atoms with Gasteiger partial charge in [0, 0.05) is 6.20 Å². The number of nitrogens with one attached hydrogen (secondary N) is 3. The van der Waals surface area contributed by atoms with Gasteiger partial charge in [0.1, 0.15) is 10.2 Å². The smallest absolute Gasteiger partial charge is 0.320 e. The third-order valence-corrected chi connectivity index (χ3v) is 2.52. The van der Waals surface area contributed by atoms with Crippen LogP contribution in [-0.2, 0) is 0 Å². The van der Waals surface area contributed by atoms with E-state index in [2.05, 4.69) is 31.2 Å².